The Labute approximate surface area is 103 Å². The lowest BCUT2D eigenvalue weighted by molar-refractivity contribution is 0.0521. The first-order valence-corrected chi connectivity index (χ1v) is 5.45. The Morgan fingerprint density at radius 1 is 1.44 bits per heavy atom. The lowest BCUT2D eigenvalue weighted by Gasteiger charge is -2.05. The highest BCUT2D eigenvalue weighted by Crippen LogP contribution is 2.18. The number of carbonyl (C=O) groups is 1. The minimum absolute atomic E-state index is 0.120. The summed E-state index contributed by atoms with van der Waals surface area (Å²) in [6.07, 6.45) is 4.23. The Morgan fingerprint density at radius 2 is 2.28 bits per heavy atom. The first-order valence-electron chi connectivity index (χ1n) is 5.45. The Bertz CT molecular complexity index is 558. The van der Waals surface area contributed by atoms with Crippen LogP contribution in [0, 0.1) is 5.82 Å². The molecule has 4 nitrogen and oxygen atoms in total. The first kappa shape index (κ1) is 12.2. The fraction of sp³-hybridized carbons (Fsp3) is 0.154. The summed E-state index contributed by atoms with van der Waals surface area (Å²) >= 11 is 0. The topological polar surface area (TPSA) is 52.1 Å². The zero-order valence-electron chi connectivity index (χ0n) is 9.76. The van der Waals surface area contributed by atoms with Crippen LogP contribution in [-0.4, -0.2) is 22.5 Å². The molecule has 0 N–H and O–H groups in total. The van der Waals surface area contributed by atoms with E-state index in [-0.39, 0.29) is 12.2 Å². The van der Waals surface area contributed by atoms with Gasteiger partial charge in [-0.3, -0.25) is 9.97 Å². The number of rotatable bonds is 3. The molecule has 5 heteroatoms. The normalized spacial score (nSPS) is 10.1. The molecule has 2 aromatic heterocycles. The molecular weight excluding hydrogens is 235 g/mol. The number of pyridine rings is 2. The zero-order valence-corrected chi connectivity index (χ0v) is 9.76. The minimum atomic E-state index is -0.693. The predicted octanol–water partition coefficient (Wildman–Crippen LogP) is 2.46. The van der Waals surface area contributed by atoms with Crippen molar-refractivity contribution < 1.29 is 13.9 Å². The van der Waals surface area contributed by atoms with Crippen LogP contribution in [0.4, 0.5) is 4.39 Å². The van der Waals surface area contributed by atoms with Crippen molar-refractivity contribution in [2.75, 3.05) is 6.61 Å². The Hall–Kier alpha value is -2.30. The molecule has 0 saturated carbocycles. The number of hydrogen-bond donors (Lipinski definition) is 0. The second-order valence-corrected chi connectivity index (χ2v) is 3.51. The van der Waals surface area contributed by atoms with Crippen LogP contribution >= 0.6 is 0 Å². The maximum atomic E-state index is 13.5. The smallest absolute Gasteiger partial charge is 0.341 e. The van der Waals surface area contributed by atoms with E-state index < -0.39 is 11.8 Å². The van der Waals surface area contributed by atoms with Gasteiger partial charge >= 0.3 is 5.97 Å². The van der Waals surface area contributed by atoms with E-state index in [0.29, 0.717) is 11.3 Å². The number of hydrogen-bond acceptors (Lipinski definition) is 4. The van der Waals surface area contributed by atoms with Crippen molar-refractivity contribution in [1.82, 2.24) is 9.97 Å². The number of carbonyl (C=O) groups excluding carboxylic acids is 1. The van der Waals surface area contributed by atoms with E-state index in [1.807, 2.05) is 0 Å². The van der Waals surface area contributed by atoms with E-state index in [9.17, 15) is 9.18 Å². The fourth-order valence-corrected chi connectivity index (χ4v) is 1.48. The molecule has 0 aromatic carbocycles. The number of esters is 1. The summed E-state index contributed by atoms with van der Waals surface area (Å²) in [4.78, 5) is 19.4. The monoisotopic (exact) mass is 246 g/mol. The molecule has 0 aliphatic heterocycles. The van der Waals surface area contributed by atoms with Crippen molar-refractivity contribution in [3.8, 4) is 11.3 Å². The summed E-state index contributed by atoms with van der Waals surface area (Å²) in [6, 6.07) is 4.89. The van der Waals surface area contributed by atoms with E-state index in [2.05, 4.69) is 9.97 Å². The molecule has 92 valence electrons. The molecule has 0 spiro atoms. The summed E-state index contributed by atoms with van der Waals surface area (Å²) < 4.78 is 18.3. The highest BCUT2D eigenvalue weighted by atomic mass is 19.1. The van der Waals surface area contributed by atoms with Gasteiger partial charge in [0.15, 0.2) is 5.82 Å². The summed E-state index contributed by atoms with van der Waals surface area (Å²) in [5.74, 6) is -1.39. The standard InChI is InChI=1S/C13H11FN2O2/c1-2-18-13(17)10-6-12(16-8-11(10)14)9-4-3-5-15-7-9/h3-8H,2H2,1H3. The number of aromatic nitrogens is 2. The average molecular weight is 246 g/mol. The van der Waals surface area contributed by atoms with Crippen molar-refractivity contribution in [3.63, 3.8) is 0 Å². The molecule has 0 aliphatic rings. The van der Waals surface area contributed by atoms with Gasteiger partial charge in [-0.15, -0.1) is 0 Å². The summed E-state index contributed by atoms with van der Waals surface area (Å²) in [7, 11) is 0. The molecule has 0 atom stereocenters. The minimum Gasteiger partial charge on any atom is -0.462 e. The van der Waals surface area contributed by atoms with Gasteiger partial charge in [0, 0.05) is 18.0 Å². The molecule has 2 heterocycles. The van der Waals surface area contributed by atoms with Crippen molar-refractivity contribution in [1.29, 1.82) is 0 Å². The first-order chi connectivity index (χ1) is 8.72. The van der Waals surface area contributed by atoms with Crippen LogP contribution < -0.4 is 0 Å². The molecule has 0 amide bonds. The lowest BCUT2D eigenvalue weighted by Crippen LogP contribution is -2.08. The number of ether oxygens (including phenoxy) is 1. The van der Waals surface area contributed by atoms with Crippen LogP contribution in [0.1, 0.15) is 17.3 Å². The number of halogens is 1. The summed E-state index contributed by atoms with van der Waals surface area (Å²) in [6.45, 7) is 1.86. The second kappa shape index (κ2) is 5.35. The SMILES string of the molecule is CCOC(=O)c1cc(-c2cccnc2)ncc1F. The van der Waals surface area contributed by atoms with Gasteiger partial charge in [-0.25, -0.2) is 9.18 Å². The predicted molar refractivity (Wildman–Crippen MR) is 63.4 cm³/mol. The van der Waals surface area contributed by atoms with Gasteiger partial charge in [0.25, 0.3) is 0 Å². The summed E-state index contributed by atoms with van der Waals surface area (Å²) in [5, 5.41) is 0. The largest absolute Gasteiger partial charge is 0.462 e. The third-order valence-electron chi connectivity index (χ3n) is 2.31. The van der Waals surface area contributed by atoms with Crippen molar-refractivity contribution in [2.24, 2.45) is 0 Å². The van der Waals surface area contributed by atoms with Crippen LogP contribution in [0.2, 0.25) is 0 Å². The van der Waals surface area contributed by atoms with Crippen molar-refractivity contribution in [2.45, 2.75) is 6.92 Å². The van der Waals surface area contributed by atoms with Crippen LogP contribution in [0.15, 0.2) is 36.8 Å². The average Bonchev–Trinajstić information content (AvgIpc) is 2.40. The molecule has 0 radical (unpaired) electrons. The number of nitrogens with zero attached hydrogens (tertiary/aromatic N) is 2. The molecule has 0 bridgehead atoms. The molecule has 0 aliphatic carbocycles. The molecule has 2 rings (SSSR count). The third-order valence-corrected chi connectivity index (χ3v) is 2.31. The van der Waals surface area contributed by atoms with Gasteiger partial charge in [-0.05, 0) is 25.1 Å². The van der Waals surface area contributed by atoms with Gasteiger partial charge in [-0.2, -0.15) is 0 Å². The highest BCUT2D eigenvalue weighted by molar-refractivity contribution is 5.90. The van der Waals surface area contributed by atoms with Gasteiger partial charge in [0.1, 0.15) is 0 Å². The molecule has 0 fully saturated rings. The second-order valence-electron chi connectivity index (χ2n) is 3.51. The van der Waals surface area contributed by atoms with Gasteiger partial charge < -0.3 is 4.74 Å². The summed E-state index contributed by atoms with van der Waals surface area (Å²) in [5.41, 5.74) is 1.07. The fourth-order valence-electron chi connectivity index (χ4n) is 1.48. The Morgan fingerprint density at radius 3 is 2.94 bits per heavy atom. The van der Waals surface area contributed by atoms with Crippen LogP contribution in [0.25, 0.3) is 11.3 Å². The quantitative estimate of drug-likeness (QED) is 0.780. The van der Waals surface area contributed by atoms with Crippen molar-refractivity contribution in [3.05, 3.63) is 48.2 Å². The molecular formula is C13H11FN2O2. The maximum Gasteiger partial charge on any atom is 0.341 e. The molecule has 18 heavy (non-hydrogen) atoms. The molecule has 0 saturated heterocycles. The van der Waals surface area contributed by atoms with E-state index in [0.717, 1.165) is 6.20 Å². The Kier molecular flexibility index (Phi) is 3.62. The molecule has 0 unspecified atom stereocenters. The van der Waals surface area contributed by atoms with Crippen LogP contribution in [0.3, 0.4) is 0 Å². The van der Waals surface area contributed by atoms with Crippen LogP contribution in [-0.2, 0) is 4.74 Å². The van der Waals surface area contributed by atoms with E-state index in [4.69, 9.17) is 4.74 Å². The van der Waals surface area contributed by atoms with Crippen LogP contribution in [0.5, 0.6) is 0 Å². The van der Waals surface area contributed by atoms with E-state index in [1.165, 1.54) is 6.07 Å². The van der Waals surface area contributed by atoms with E-state index in [1.54, 1.807) is 31.5 Å². The van der Waals surface area contributed by atoms with Crippen molar-refractivity contribution >= 4 is 5.97 Å². The zero-order chi connectivity index (χ0) is 13.0. The highest BCUT2D eigenvalue weighted by Gasteiger charge is 2.14. The Balaban J connectivity index is 2.41. The van der Waals surface area contributed by atoms with Gasteiger partial charge in [0.05, 0.1) is 24.1 Å². The van der Waals surface area contributed by atoms with E-state index >= 15 is 0 Å². The van der Waals surface area contributed by atoms with Gasteiger partial charge in [-0.1, -0.05) is 0 Å². The third kappa shape index (κ3) is 2.51. The molecule has 2 aromatic rings. The van der Waals surface area contributed by atoms with Gasteiger partial charge in [0.2, 0.25) is 0 Å². The maximum absolute atomic E-state index is 13.5. The lowest BCUT2D eigenvalue weighted by atomic mass is 10.1.